The number of benzene rings is 3. The number of aliphatic hydroxyl groups is 1. The molecule has 1 amide bonds. The van der Waals surface area contributed by atoms with E-state index in [9.17, 15) is 14.7 Å². The predicted octanol–water partition coefficient (Wildman–Crippen LogP) is 6.21. The van der Waals surface area contributed by atoms with E-state index in [4.69, 9.17) is 9.47 Å². The molecule has 0 spiro atoms. The Morgan fingerprint density at radius 1 is 0.854 bits per heavy atom. The predicted molar refractivity (Wildman–Crippen MR) is 161 cm³/mol. The van der Waals surface area contributed by atoms with Crippen LogP contribution in [0.2, 0.25) is 0 Å². The van der Waals surface area contributed by atoms with Crippen molar-refractivity contribution in [2.45, 2.75) is 46.3 Å². The minimum absolute atomic E-state index is 0.0954. The molecule has 4 rings (SSSR count). The number of hydrogen-bond acceptors (Lipinski definition) is 6. The van der Waals surface area contributed by atoms with Gasteiger partial charge in [0, 0.05) is 12.1 Å². The van der Waals surface area contributed by atoms with Crippen LogP contribution in [0.4, 0.5) is 0 Å². The molecule has 0 aromatic heterocycles. The number of Topliss-reactive ketones (excluding diaryl/α,β-unsaturated/α-hetero) is 1. The summed E-state index contributed by atoms with van der Waals surface area (Å²) in [6.45, 7) is 10.3. The molecule has 1 saturated heterocycles. The summed E-state index contributed by atoms with van der Waals surface area (Å²) >= 11 is 0. The van der Waals surface area contributed by atoms with Gasteiger partial charge in [0.1, 0.15) is 23.9 Å². The lowest BCUT2D eigenvalue weighted by Crippen LogP contribution is -2.33. The van der Waals surface area contributed by atoms with Crippen molar-refractivity contribution >= 4 is 17.4 Å². The highest BCUT2D eigenvalue weighted by atomic mass is 16.5. The SMILES string of the molecule is CCCOc1ccc(/C(O)=C2/C(=O)C(=O)N(CCCN(CC)CC)C2c2ccc(OCc3ccccc3)cc2)cc1. The summed E-state index contributed by atoms with van der Waals surface area (Å²) < 4.78 is 11.6. The summed E-state index contributed by atoms with van der Waals surface area (Å²) in [5.41, 5.74) is 2.36. The minimum Gasteiger partial charge on any atom is -0.507 e. The lowest BCUT2D eigenvalue weighted by atomic mass is 9.95. The van der Waals surface area contributed by atoms with E-state index in [1.54, 1.807) is 29.2 Å². The molecule has 7 heteroatoms. The number of carbonyl (C=O) groups is 2. The summed E-state index contributed by atoms with van der Waals surface area (Å²) in [6.07, 6.45) is 1.60. The quantitative estimate of drug-likeness (QED) is 0.145. The third-order valence-electron chi connectivity index (χ3n) is 7.35. The van der Waals surface area contributed by atoms with Crippen molar-refractivity contribution in [2.24, 2.45) is 0 Å². The Labute approximate surface area is 243 Å². The van der Waals surface area contributed by atoms with Crippen LogP contribution >= 0.6 is 0 Å². The molecule has 0 bridgehead atoms. The van der Waals surface area contributed by atoms with Crippen molar-refractivity contribution in [3.63, 3.8) is 0 Å². The summed E-state index contributed by atoms with van der Waals surface area (Å²) in [6, 6.07) is 23.6. The zero-order chi connectivity index (χ0) is 29.2. The van der Waals surface area contributed by atoms with Crippen LogP contribution in [0.5, 0.6) is 11.5 Å². The van der Waals surface area contributed by atoms with Crippen LogP contribution in [-0.2, 0) is 16.2 Å². The Balaban J connectivity index is 1.63. The highest BCUT2D eigenvalue weighted by Crippen LogP contribution is 2.40. The van der Waals surface area contributed by atoms with Crippen molar-refractivity contribution in [2.75, 3.05) is 32.8 Å². The fraction of sp³-hybridized carbons (Fsp3) is 0.353. The van der Waals surface area contributed by atoms with Gasteiger partial charge in [-0.1, -0.05) is 63.2 Å². The third kappa shape index (κ3) is 7.35. The van der Waals surface area contributed by atoms with Gasteiger partial charge in [-0.25, -0.2) is 0 Å². The van der Waals surface area contributed by atoms with Gasteiger partial charge < -0.3 is 24.4 Å². The highest BCUT2D eigenvalue weighted by Gasteiger charge is 2.45. The molecule has 1 heterocycles. The van der Waals surface area contributed by atoms with Gasteiger partial charge in [0.05, 0.1) is 18.2 Å². The summed E-state index contributed by atoms with van der Waals surface area (Å²) in [5.74, 6) is -0.0952. The average molecular weight is 557 g/mol. The first-order valence-electron chi connectivity index (χ1n) is 14.5. The summed E-state index contributed by atoms with van der Waals surface area (Å²) in [4.78, 5) is 30.6. The van der Waals surface area contributed by atoms with Crippen molar-refractivity contribution < 1.29 is 24.2 Å². The van der Waals surface area contributed by atoms with Gasteiger partial charge in [-0.15, -0.1) is 0 Å². The molecule has 216 valence electrons. The Morgan fingerprint density at radius 2 is 1.49 bits per heavy atom. The molecule has 1 aliphatic rings. The Bertz CT molecular complexity index is 1320. The number of ketones is 1. The van der Waals surface area contributed by atoms with Gasteiger partial charge in [0.2, 0.25) is 0 Å². The van der Waals surface area contributed by atoms with Crippen LogP contribution in [0.15, 0.2) is 84.4 Å². The first-order chi connectivity index (χ1) is 20.0. The van der Waals surface area contributed by atoms with Crippen LogP contribution in [0.25, 0.3) is 5.76 Å². The topological polar surface area (TPSA) is 79.3 Å². The standard InChI is InChI=1S/C34H40N2O5/c1-4-23-40-28-19-15-27(16-20-28)32(37)30-31(36(34(39)33(30)38)22-10-21-35(5-2)6-3)26-13-17-29(18-14-26)41-24-25-11-8-7-9-12-25/h7-9,11-20,31,37H,4-6,10,21-24H2,1-3H3/b32-30-. The van der Waals surface area contributed by atoms with Gasteiger partial charge in [0.15, 0.2) is 0 Å². The number of ether oxygens (including phenoxy) is 2. The second kappa shape index (κ2) is 14.5. The molecule has 0 radical (unpaired) electrons. The van der Waals surface area contributed by atoms with Crippen molar-refractivity contribution in [1.29, 1.82) is 0 Å². The van der Waals surface area contributed by atoms with E-state index in [1.165, 1.54) is 0 Å². The van der Waals surface area contributed by atoms with Gasteiger partial charge in [0.25, 0.3) is 11.7 Å². The minimum atomic E-state index is -0.703. The number of hydrogen-bond donors (Lipinski definition) is 1. The van der Waals surface area contributed by atoms with Crippen LogP contribution in [-0.4, -0.2) is 59.4 Å². The van der Waals surface area contributed by atoms with E-state index < -0.39 is 17.7 Å². The lowest BCUT2D eigenvalue weighted by molar-refractivity contribution is -0.140. The van der Waals surface area contributed by atoms with E-state index >= 15 is 0 Å². The van der Waals surface area contributed by atoms with Crippen LogP contribution in [0, 0.1) is 0 Å². The smallest absolute Gasteiger partial charge is 0.295 e. The van der Waals surface area contributed by atoms with E-state index in [-0.39, 0.29) is 11.3 Å². The zero-order valence-electron chi connectivity index (χ0n) is 24.2. The molecular weight excluding hydrogens is 516 g/mol. The Morgan fingerprint density at radius 3 is 2.12 bits per heavy atom. The fourth-order valence-electron chi connectivity index (χ4n) is 5.03. The Hall–Kier alpha value is -4.10. The van der Waals surface area contributed by atoms with Crippen molar-refractivity contribution in [3.05, 3.63) is 101 Å². The number of likely N-dealkylation sites (tertiary alicyclic amines) is 1. The maximum absolute atomic E-state index is 13.4. The molecule has 7 nitrogen and oxygen atoms in total. The first kappa shape index (κ1) is 29.9. The number of rotatable bonds is 14. The summed E-state index contributed by atoms with van der Waals surface area (Å²) in [5, 5.41) is 11.4. The van der Waals surface area contributed by atoms with Crippen LogP contribution in [0.1, 0.15) is 56.3 Å². The van der Waals surface area contributed by atoms with Crippen LogP contribution < -0.4 is 9.47 Å². The van der Waals surface area contributed by atoms with Gasteiger partial charge in [-0.05, 0) is 80.0 Å². The van der Waals surface area contributed by atoms with Gasteiger partial charge >= 0.3 is 0 Å². The van der Waals surface area contributed by atoms with Crippen molar-refractivity contribution in [3.8, 4) is 11.5 Å². The van der Waals surface area contributed by atoms with Gasteiger partial charge in [-0.2, -0.15) is 0 Å². The van der Waals surface area contributed by atoms with Gasteiger partial charge in [-0.3, -0.25) is 9.59 Å². The molecule has 1 N–H and O–H groups in total. The molecular formula is C34H40N2O5. The third-order valence-corrected chi connectivity index (χ3v) is 7.35. The second-order valence-corrected chi connectivity index (χ2v) is 10.1. The summed E-state index contributed by atoms with van der Waals surface area (Å²) in [7, 11) is 0. The molecule has 1 unspecified atom stereocenters. The average Bonchev–Trinajstić information content (AvgIpc) is 3.26. The molecule has 0 aliphatic carbocycles. The highest BCUT2D eigenvalue weighted by molar-refractivity contribution is 6.46. The molecule has 0 saturated carbocycles. The van der Waals surface area contributed by atoms with Crippen LogP contribution in [0.3, 0.4) is 0 Å². The normalized spacial score (nSPS) is 16.4. The second-order valence-electron chi connectivity index (χ2n) is 10.1. The zero-order valence-corrected chi connectivity index (χ0v) is 24.2. The number of nitrogens with zero attached hydrogens (tertiary/aromatic N) is 2. The molecule has 1 fully saturated rings. The number of amides is 1. The van der Waals surface area contributed by atoms with E-state index in [0.717, 1.165) is 37.2 Å². The molecule has 41 heavy (non-hydrogen) atoms. The van der Waals surface area contributed by atoms with E-state index in [1.807, 2.05) is 61.5 Å². The van der Waals surface area contributed by atoms with Crippen molar-refractivity contribution in [1.82, 2.24) is 9.80 Å². The monoisotopic (exact) mass is 556 g/mol. The fourth-order valence-corrected chi connectivity index (χ4v) is 5.03. The lowest BCUT2D eigenvalue weighted by Gasteiger charge is -2.27. The first-order valence-corrected chi connectivity index (χ1v) is 14.5. The molecule has 1 aliphatic heterocycles. The maximum Gasteiger partial charge on any atom is 0.295 e. The molecule has 3 aromatic carbocycles. The molecule has 1 atom stereocenters. The Kier molecular flexibility index (Phi) is 10.6. The van der Waals surface area contributed by atoms with E-state index in [0.29, 0.717) is 43.2 Å². The number of aliphatic hydroxyl groups excluding tert-OH is 1. The molecule has 3 aromatic rings. The number of carbonyl (C=O) groups excluding carboxylic acids is 2. The van der Waals surface area contributed by atoms with E-state index in [2.05, 4.69) is 18.7 Å². The largest absolute Gasteiger partial charge is 0.507 e. The maximum atomic E-state index is 13.4.